The minimum atomic E-state index is 0.0401. The van der Waals surface area contributed by atoms with Crippen LogP contribution >= 0.6 is 11.3 Å². The van der Waals surface area contributed by atoms with Crippen LogP contribution in [-0.2, 0) is 11.4 Å². The van der Waals surface area contributed by atoms with Gasteiger partial charge in [-0.1, -0.05) is 18.2 Å². The lowest BCUT2D eigenvalue weighted by molar-refractivity contribution is -0.127. The number of aryl methyl sites for hydroxylation is 1. The van der Waals surface area contributed by atoms with Crippen molar-refractivity contribution in [1.29, 1.82) is 0 Å². The van der Waals surface area contributed by atoms with Crippen LogP contribution in [0.4, 0.5) is 0 Å². The number of piperazine rings is 1. The third-order valence-electron chi connectivity index (χ3n) is 4.05. The first kappa shape index (κ1) is 17.6. The third kappa shape index (κ3) is 4.90. The number of rotatable bonds is 5. The summed E-state index contributed by atoms with van der Waals surface area (Å²) in [7, 11) is 0. The highest BCUT2D eigenvalue weighted by molar-refractivity contribution is 7.09. The quantitative estimate of drug-likeness (QED) is 0.836. The zero-order chi connectivity index (χ0) is 17.6. The van der Waals surface area contributed by atoms with E-state index in [1.54, 1.807) is 17.4 Å². The fourth-order valence-electron chi connectivity index (χ4n) is 2.77. The summed E-state index contributed by atoms with van der Waals surface area (Å²) in [5, 5.41) is 6.37. The third-order valence-corrected chi connectivity index (χ3v) is 4.87. The molecule has 1 N–H and O–H groups in total. The van der Waals surface area contributed by atoms with E-state index in [9.17, 15) is 4.79 Å². The van der Waals surface area contributed by atoms with E-state index in [0.29, 0.717) is 12.6 Å². The molecular weight excluding hydrogens is 334 g/mol. The standard InChI is InChI=1S/C19H23N3O2S/c1-14-11-22(10-9-20-14)19(23)8-7-16-5-3-4-6-18(16)24-12-17-13-25-15(2)21-17/h3-8,13-14,20H,9-12H2,1-2H3/b8-7+. The van der Waals surface area contributed by atoms with Crippen LogP contribution in [0.3, 0.4) is 0 Å². The molecule has 0 aliphatic carbocycles. The molecule has 1 amide bonds. The molecule has 1 fully saturated rings. The molecule has 0 saturated carbocycles. The van der Waals surface area contributed by atoms with Gasteiger partial charge in [-0.2, -0.15) is 0 Å². The van der Waals surface area contributed by atoms with E-state index < -0.39 is 0 Å². The molecule has 3 rings (SSSR count). The summed E-state index contributed by atoms with van der Waals surface area (Å²) in [4.78, 5) is 18.7. The second-order valence-corrected chi connectivity index (χ2v) is 7.22. The maximum atomic E-state index is 12.4. The summed E-state index contributed by atoms with van der Waals surface area (Å²) in [5.74, 6) is 0.796. The van der Waals surface area contributed by atoms with Crippen LogP contribution in [-0.4, -0.2) is 41.5 Å². The van der Waals surface area contributed by atoms with Gasteiger partial charge in [-0.25, -0.2) is 4.98 Å². The molecule has 0 radical (unpaired) electrons. The van der Waals surface area contributed by atoms with E-state index in [1.807, 2.05) is 47.5 Å². The highest BCUT2D eigenvalue weighted by Gasteiger charge is 2.18. The molecule has 1 aromatic carbocycles. The Hall–Kier alpha value is -2.18. The average Bonchev–Trinajstić information content (AvgIpc) is 3.04. The Morgan fingerprint density at radius 2 is 2.32 bits per heavy atom. The van der Waals surface area contributed by atoms with Crippen LogP contribution in [0.2, 0.25) is 0 Å². The monoisotopic (exact) mass is 357 g/mol. The Morgan fingerprint density at radius 1 is 1.48 bits per heavy atom. The van der Waals surface area contributed by atoms with Gasteiger partial charge in [0.25, 0.3) is 0 Å². The molecule has 1 saturated heterocycles. The minimum absolute atomic E-state index is 0.0401. The Labute approximate surface area is 152 Å². The van der Waals surface area contributed by atoms with E-state index in [-0.39, 0.29) is 5.91 Å². The number of amides is 1. The molecule has 132 valence electrons. The molecular formula is C19H23N3O2S. The Kier molecular flexibility index (Phi) is 5.83. The number of ether oxygens (including phenoxy) is 1. The average molecular weight is 357 g/mol. The maximum absolute atomic E-state index is 12.4. The van der Waals surface area contributed by atoms with Crippen molar-refractivity contribution in [3.63, 3.8) is 0 Å². The van der Waals surface area contributed by atoms with Crippen LogP contribution in [0.25, 0.3) is 6.08 Å². The van der Waals surface area contributed by atoms with Gasteiger partial charge in [-0.15, -0.1) is 11.3 Å². The normalized spacial score (nSPS) is 17.8. The van der Waals surface area contributed by atoms with Gasteiger partial charge in [0.15, 0.2) is 0 Å². The molecule has 0 bridgehead atoms. The maximum Gasteiger partial charge on any atom is 0.246 e. The smallest absolute Gasteiger partial charge is 0.246 e. The molecule has 2 heterocycles. The Bertz CT molecular complexity index is 757. The van der Waals surface area contributed by atoms with Crippen LogP contribution in [0.5, 0.6) is 5.75 Å². The Balaban J connectivity index is 1.64. The number of hydrogen-bond donors (Lipinski definition) is 1. The number of thiazole rings is 1. The number of hydrogen-bond acceptors (Lipinski definition) is 5. The number of carbonyl (C=O) groups excluding carboxylic acids is 1. The number of benzene rings is 1. The molecule has 25 heavy (non-hydrogen) atoms. The largest absolute Gasteiger partial charge is 0.487 e. The lowest BCUT2D eigenvalue weighted by Gasteiger charge is -2.31. The van der Waals surface area contributed by atoms with E-state index in [1.165, 1.54) is 0 Å². The fraction of sp³-hybridized carbons (Fsp3) is 0.368. The van der Waals surface area contributed by atoms with Gasteiger partial charge in [0, 0.05) is 42.7 Å². The Morgan fingerprint density at radius 3 is 3.08 bits per heavy atom. The summed E-state index contributed by atoms with van der Waals surface area (Å²) >= 11 is 1.61. The molecule has 5 nitrogen and oxygen atoms in total. The van der Waals surface area contributed by atoms with E-state index >= 15 is 0 Å². The van der Waals surface area contributed by atoms with Crippen molar-refractivity contribution >= 4 is 23.3 Å². The predicted octanol–water partition coefficient (Wildman–Crippen LogP) is 2.86. The van der Waals surface area contributed by atoms with Crippen LogP contribution in [0.1, 0.15) is 23.2 Å². The minimum Gasteiger partial charge on any atom is -0.487 e. The summed E-state index contributed by atoms with van der Waals surface area (Å²) in [6.07, 6.45) is 3.46. The molecule has 1 aliphatic rings. The second kappa shape index (κ2) is 8.27. The van der Waals surface area contributed by atoms with Crippen LogP contribution in [0.15, 0.2) is 35.7 Å². The number of nitrogens with zero attached hydrogens (tertiary/aromatic N) is 2. The topological polar surface area (TPSA) is 54.5 Å². The van der Waals surface area contributed by atoms with Gasteiger partial charge in [-0.3, -0.25) is 4.79 Å². The summed E-state index contributed by atoms with van der Waals surface area (Å²) in [5.41, 5.74) is 1.82. The summed E-state index contributed by atoms with van der Waals surface area (Å²) < 4.78 is 5.89. The van der Waals surface area contributed by atoms with Gasteiger partial charge >= 0.3 is 0 Å². The molecule has 1 atom stereocenters. The van der Waals surface area contributed by atoms with Crippen molar-refractivity contribution in [2.75, 3.05) is 19.6 Å². The first-order valence-corrected chi connectivity index (χ1v) is 9.33. The lowest BCUT2D eigenvalue weighted by atomic mass is 10.1. The van der Waals surface area contributed by atoms with Crippen molar-refractivity contribution < 1.29 is 9.53 Å². The van der Waals surface area contributed by atoms with E-state index in [0.717, 1.165) is 41.6 Å². The molecule has 2 aromatic rings. The van der Waals surface area contributed by atoms with E-state index in [4.69, 9.17) is 4.74 Å². The predicted molar refractivity (Wildman–Crippen MR) is 101 cm³/mol. The zero-order valence-electron chi connectivity index (χ0n) is 14.6. The molecule has 1 unspecified atom stereocenters. The van der Waals surface area contributed by atoms with Crippen molar-refractivity contribution in [2.24, 2.45) is 0 Å². The van der Waals surface area contributed by atoms with Crippen molar-refractivity contribution in [3.8, 4) is 5.75 Å². The van der Waals surface area contributed by atoms with Crippen molar-refractivity contribution in [1.82, 2.24) is 15.2 Å². The van der Waals surface area contributed by atoms with Crippen molar-refractivity contribution in [2.45, 2.75) is 26.5 Å². The van der Waals surface area contributed by atoms with E-state index in [2.05, 4.69) is 17.2 Å². The summed E-state index contributed by atoms with van der Waals surface area (Å²) in [6, 6.07) is 8.07. The summed E-state index contributed by atoms with van der Waals surface area (Å²) in [6.45, 7) is 6.82. The number of nitrogens with one attached hydrogen (secondary N) is 1. The molecule has 1 aromatic heterocycles. The van der Waals surface area contributed by atoms with Gasteiger partial charge in [0.1, 0.15) is 12.4 Å². The SMILES string of the molecule is Cc1nc(COc2ccccc2/C=C/C(=O)N2CCNC(C)C2)cs1. The van der Waals surface area contributed by atoms with Gasteiger partial charge in [-0.05, 0) is 26.0 Å². The van der Waals surface area contributed by atoms with Crippen LogP contribution in [0, 0.1) is 6.92 Å². The molecule has 6 heteroatoms. The van der Waals surface area contributed by atoms with Crippen LogP contribution < -0.4 is 10.1 Å². The number of aromatic nitrogens is 1. The zero-order valence-corrected chi connectivity index (χ0v) is 15.4. The van der Waals surface area contributed by atoms with Gasteiger partial charge < -0.3 is 15.0 Å². The lowest BCUT2D eigenvalue weighted by Crippen LogP contribution is -2.50. The van der Waals surface area contributed by atoms with Gasteiger partial charge in [0.05, 0.1) is 10.7 Å². The molecule has 1 aliphatic heterocycles. The fourth-order valence-corrected chi connectivity index (χ4v) is 3.37. The number of para-hydroxylation sites is 1. The van der Waals surface area contributed by atoms with Gasteiger partial charge in [0.2, 0.25) is 5.91 Å². The molecule has 0 spiro atoms. The number of carbonyl (C=O) groups is 1. The van der Waals surface area contributed by atoms with Crippen molar-refractivity contribution in [3.05, 3.63) is 52.0 Å². The highest BCUT2D eigenvalue weighted by atomic mass is 32.1. The highest BCUT2D eigenvalue weighted by Crippen LogP contribution is 2.21. The second-order valence-electron chi connectivity index (χ2n) is 6.16. The first-order valence-electron chi connectivity index (χ1n) is 8.45. The first-order chi connectivity index (χ1) is 12.1.